The Morgan fingerprint density at radius 2 is 1.61 bits per heavy atom. The molecule has 0 aromatic rings. The van der Waals surface area contributed by atoms with Gasteiger partial charge in [0.15, 0.2) is 0 Å². The van der Waals surface area contributed by atoms with E-state index in [0.29, 0.717) is 34.6 Å². The Morgan fingerprint density at radius 3 is 2.32 bits per heavy atom. The first kappa shape index (κ1) is 24.3. The van der Waals surface area contributed by atoms with E-state index < -0.39 is 0 Å². The van der Waals surface area contributed by atoms with E-state index in [9.17, 15) is 10.2 Å². The second-order valence-electron chi connectivity index (χ2n) is 13.0. The van der Waals surface area contributed by atoms with E-state index >= 15 is 0 Å². The van der Waals surface area contributed by atoms with Crippen LogP contribution in [0.2, 0.25) is 0 Å². The summed E-state index contributed by atoms with van der Waals surface area (Å²) in [5.74, 6) is 4.85. The molecule has 5 rings (SSSR count). The largest absolute Gasteiger partial charge is 0.393 e. The van der Waals surface area contributed by atoms with Gasteiger partial charge in [0.2, 0.25) is 0 Å². The number of nitrogens with one attached hydrogen (secondary N) is 1. The molecule has 4 aliphatic carbocycles. The summed E-state index contributed by atoms with van der Waals surface area (Å²) < 4.78 is 0. The first-order chi connectivity index (χ1) is 14.2. The van der Waals surface area contributed by atoms with Crippen LogP contribution in [0.3, 0.4) is 0 Å². The summed E-state index contributed by atoms with van der Waals surface area (Å²) in [5.41, 5.74) is 0.737. The lowest BCUT2D eigenvalue weighted by molar-refractivity contribution is -0.130. The fourth-order valence-corrected chi connectivity index (χ4v) is 9.96. The van der Waals surface area contributed by atoms with Gasteiger partial charge in [-0.25, -0.2) is 0 Å². The molecule has 3 nitrogen and oxygen atoms in total. The number of hydrogen-bond donors (Lipinski definition) is 3. The third kappa shape index (κ3) is 3.82. The van der Waals surface area contributed by atoms with Crippen LogP contribution in [0.1, 0.15) is 91.9 Å². The molecule has 0 aromatic heterocycles. The predicted molar refractivity (Wildman–Crippen MR) is 129 cm³/mol. The van der Waals surface area contributed by atoms with Crippen molar-refractivity contribution in [2.24, 2.45) is 52.3 Å². The van der Waals surface area contributed by atoms with E-state index in [-0.39, 0.29) is 24.6 Å². The maximum Gasteiger partial charge on any atom is 0.0579 e. The zero-order valence-corrected chi connectivity index (χ0v) is 21.2. The number of hydrogen-bond acceptors (Lipinski definition) is 3. The lowest BCUT2D eigenvalue weighted by atomic mass is 9.44. The number of aliphatic hydroxyl groups excluding tert-OH is 2. The van der Waals surface area contributed by atoms with Crippen molar-refractivity contribution in [3.05, 3.63) is 0 Å². The summed E-state index contributed by atoms with van der Waals surface area (Å²) in [6.07, 6.45) is 12.0. The molecule has 5 aliphatic rings. The molecule has 180 valence electrons. The number of aliphatic hydroxyl groups is 2. The van der Waals surface area contributed by atoms with Gasteiger partial charge in [-0.05, 0) is 123 Å². The van der Waals surface area contributed by atoms with Crippen LogP contribution in [0.5, 0.6) is 0 Å². The summed E-state index contributed by atoms with van der Waals surface area (Å²) in [4.78, 5) is 0. The quantitative estimate of drug-likeness (QED) is 0.523. The fourth-order valence-electron chi connectivity index (χ4n) is 9.96. The van der Waals surface area contributed by atoms with Gasteiger partial charge in [0.25, 0.3) is 0 Å². The minimum Gasteiger partial charge on any atom is -0.393 e. The molecule has 0 bridgehead atoms. The molecule has 0 aromatic carbocycles. The molecule has 0 radical (unpaired) electrons. The van der Waals surface area contributed by atoms with Crippen molar-refractivity contribution in [2.45, 2.75) is 110 Å². The molecule has 0 amide bonds. The van der Waals surface area contributed by atoms with Gasteiger partial charge in [-0.15, -0.1) is 12.4 Å². The van der Waals surface area contributed by atoms with Crippen LogP contribution in [-0.2, 0) is 0 Å². The second-order valence-corrected chi connectivity index (χ2v) is 13.0. The summed E-state index contributed by atoms with van der Waals surface area (Å²) in [5, 5.41) is 25.5. The lowest BCUT2D eigenvalue weighted by Crippen LogP contribution is -2.55. The van der Waals surface area contributed by atoms with Gasteiger partial charge in [0.05, 0.1) is 12.2 Å². The molecule has 1 saturated heterocycles. The minimum atomic E-state index is -0.117. The predicted octanol–water partition coefficient (Wildman–Crippen LogP) is 5.42. The van der Waals surface area contributed by atoms with Gasteiger partial charge in [0, 0.05) is 6.04 Å². The van der Waals surface area contributed by atoms with Gasteiger partial charge in [0.1, 0.15) is 0 Å². The summed E-state index contributed by atoms with van der Waals surface area (Å²) in [6.45, 7) is 11.1. The Morgan fingerprint density at radius 1 is 0.871 bits per heavy atom. The average Bonchev–Trinajstić information content (AvgIpc) is 2.98. The third-order valence-electron chi connectivity index (χ3n) is 11.6. The maximum absolute atomic E-state index is 11.4. The molecule has 1 aliphatic heterocycles. The lowest BCUT2D eigenvalue weighted by Gasteiger charge is -2.61. The Balaban J connectivity index is 0.00000231. The van der Waals surface area contributed by atoms with E-state index in [1.807, 2.05) is 0 Å². The standard InChI is InChI=1S/C27H47NO2.ClH/c1-16-5-8-23(28-15-16)17(2)25-24(30)14-22-20-7-6-18-13-19(29)9-11-26(18,3)21(20)10-12-27(22,25)4;/h16-25,28-30H,5-15H2,1-4H3;1H/t16-,17+,18-,19-,20+,21-,22-,23?,24-,25-,26-,27-;/m0./s1. The maximum atomic E-state index is 11.4. The number of halogens is 1. The van der Waals surface area contributed by atoms with Gasteiger partial charge in [-0.2, -0.15) is 0 Å². The Bertz CT molecular complexity index is 637. The van der Waals surface area contributed by atoms with E-state index in [4.69, 9.17) is 0 Å². The molecular weight excluding hydrogens is 406 g/mol. The highest BCUT2D eigenvalue weighted by Crippen LogP contribution is 2.68. The van der Waals surface area contributed by atoms with E-state index in [0.717, 1.165) is 49.5 Å². The van der Waals surface area contributed by atoms with Crippen molar-refractivity contribution in [2.75, 3.05) is 6.54 Å². The summed E-state index contributed by atoms with van der Waals surface area (Å²) in [7, 11) is 0. The van der Waals surface area contributed by atoms with Crippen LogP contribution in [0.4, 0.5) is 0 Å². The molecule has 4 heteroatoms. The van der Waals surface area contributed by atoms with Crippen molar-refractivity contribution < 1.29 is 10.2 Å². The molecule has 0 spiro atoms. The zero-order valence-electron chi connectivity index (χ0n) is 20.4. The zero-order chi connectivity index (χ0) is 21.3. The van der Waals surface area contributed by atoms with Crippen molar-refractivity contribution in [3.63, 3.8) is 0 Å². The second kappa shape index (κ2) is 8.75. The highest BCUT2D eigenvalue weighted by atomic mass is 35.5. The Kier molecular flexibility index (Phi) is 6.86. The monoisotopic (exact) mass is 453 g/mol. The van der Waals surface area contributed by atoms with Gasteiger partial charge < -0.3 is 15.5 Å². The van der Waals surface area contributed by atoms with Crippen LogP contribution < -0.4 is 5.32 Å². The van der Waals surface area contributed by atoms with Crippen molar-refractivity contribution >= 4 is 12.4 Å². The Labute approximate surface area is 196 Å². The number of fused-ring (bicyclic) bond motifs is 5. The highest BCUT2D eigenvalue weighted by molar-refractivity contribution is 5.85. The molecular formula is C27H48ClNO2. The SMILES string of the molecule is C[C@H]1CCC([C@@H](C)[C@H]2[C@@H](O)C[C@H]3[C@@H]4CC[C@H]5C[C@@H](O)CC[C@]5(C)[C@H]4CC[C@]23C)NC1.Cl. The van der Waals surface area contributed by atoms with Crippen LogP contribution in [0.15, 0.2) is 0 Å². The van der Waals surface area contributed by atoms with Crippen molar-refractivity contribution in [1.82, 2.24) is 5.32 Å². The molecule has 4 saturated carbocycles. The summed E-state index contributed by atoms with van der Waals surface area (Å²) in [6, 6.07) is 0.585. The minimum absolute atomic E-state index is 0. The smallest absolute Gasteiger partial charge is 0.0579 e. The molecule has 3 N–H and O–H groups in total. The summed E-state index contributed by atoms with van der Waals surface area (Å²) >= 11 is 0. The molecule has 31 heavy (non-hydrogen) atoms. The van der Waals surface area contributed by atoms with E-state index in [2.05, 4.69) is 33.0 Å². The molecule has 12 atom stereocenters. The van der Waals surface area contributed by atoms with Crippen LogP contribution in [0.25, 0.3) is 0 Å². The van der Waals surface area contributed by atoms with Crippen molar-refractivity contribution in [1.29, 1.82) is 0 Å². The average molecular weight is 454 g/mol. The van der Waals surface area contributed by atoms with Gasteiger partial charge in [-0.1, -0.05) is 27.7 Å². The highest BCUT2D eigenvalue weighted by Gasteiger charge is 2.63. The number of piperidine rings is 1. The molecule has 1 unspecified atom stereocenters. The fraction of sp³-hybridized carbons (Fsp3) is 1.00. The van der Waals surface area contributed by atoms with Crippen LogP contribution >= 0.6 is 12.4 Å². The van der Waals surface area contributed by atoms with Gasteiger partial charge in [-0.3, -0.25) is 0 Å². The third-order valence-corrected chi connectivity index (χ3v) is 11.6. The molecule has 5 fully saturated rings. The topological polar surface area (TPSA) is 52.5 Å². The van der Waals surface area contributed by atoms with E-state index in [1.54, 1.807) is 0 Å². The van der Waals surface area contributed by atoms with Crippen LogP contribution in [0, 0.1) is 52.3 Å². The van der Waals surface area contributed by atoms with Gasteiger partial charge >= 0.3 is 0 Å². The normalized spacial score (nSPS) is 55.4. The first-order valence-corrected chi connectivity index (χ1v) is 13.3. The first-order valence-electron chi connectivity index (χ1n) is 13.3. The van der Waals surface area contributed by atoms with E-state index in [1.165, 1.54) is 44.9 Å². The Hall–Kier alpha value is 0.170. The number of rotatable bonds is 2. The van der Waals surface area contributed by atoms with Crippen LogP contribution in [-0.4, -0.2) is 35.0 Å². The molecule has 1 heterocycles. The van der Waals surface area contributed by atoms with Crippen molar-refractivity contribution in [3.8, 4) is 0 Å².